The minimum absolute atomic E-state index is 0.168. The van der Waals surface area contributed by atoms with Crippen molar-refractivity contribution in [3.05, 3.63) is 87.1 Å². The van der Waals surface area contributed by atoms with Crippen molar-refractivity contribution < 1.29 is 4.79 Å². The minimum Gasteiger partial charge on any atom is -0.283 e. The first kappa shape index (κ1) is 18.2. The molecule has 0 radical (unpaired) electrons. The van der Waals surface area contributed by atoms with Gasteiger partial charge in [0.25, 0.3) is 5.56 Å². The molecule has 0 atom stereocenters. The number of anilines is 1. The number of nitrogens with one attached hydrogen (secondary N) is 2. The van der Waals surface area contributed by atoms with Gasteiger partial charge < -0.3 is 0 Å². The normalized spacial score (nSPS) is 10.4. The molecule has 2 N–H and O–H groups in total. The molecule has 3 aromatic rings. The number of carbonyl (C=O) groups excluding carboxylic acids is 1. The van der Waals surface area contributed by atoms with Gasteiger partial charge in [-0.05, 0) is 16.7 Å². The fraction of sp³-hybridized carbons (Fsp3) is 0.150. The fourth-order valence-electron chi connectivity index (χ4n) is 2.66. The van der Waals surface area contributed by atoms with Crippen LogP contribution >= 0.6 is 0 Å². The van der Waals surface area contributed by atoms with Crippen molar-refractivity contribution >= 4 is 11.7 Å². The predicted octanol–water partition coefficient (Wildman–Crippen LogP) is 1.44. The number of benzene rings is 2. The number of hydrogen-bond acceptors (Lipinski definition) is 4. The lowest BCUT2D eigenvalue weighted by molar-refractivity contribution is -0.119. The molecular weight excluding hydrogens is 344 g/mol. The lowest BCUT2D eigenvalue weighted by Crippen LogP contribution is -2.40. The van der Waals surface area contributed by atoms with Gasteiger partial charge in [0.2, 0.25) is 5.91 Å². The Morgan fingerprint density at radius 1 is 0.889 bits per heavy atom. The highest BCUT2D eigenvalue weighted by Gasteiger charge is 2.08. The molecule has 1 amide bonds. The standard InChI is InChI=1S/C20H20N4O3/c1-23-17(13-19(26)24(2)20(23)27)21-22-18(25)12-14-8-10-16(11-9-14)15-6-4-3-5-7-15/h3-11,13,21H,12H2,1-2H3,(H,22,25). The van der Waals surface area contributed by atoms with Crippen LogP contribution in [0.2, 0.25) is 0 Å². The van der Waals surface area contributed by atoms with Crippen molar-refractivity contribution in [2.24, 2.45) is 14.1 Å². The zero-order valence-electron chi connectivity index (χ0n) is 15.1. The molecule has 138 valence electrons. The molecule has 0 saturated heterocycles. The first-order valence-electron chi connectivity index (χ1n) is 8.42. The summed E-state index contributed by atoms with van der Waals surface area (Å²) in [4.78, 5) is 35.7. The summed E-state index contributed by atoms with van der Waals surface area (Å²) in [6, 6.07) is 19.0. The maximum atomic E-state index is 12.1. The smallest absolute Gasteiger partial charge is 0.283 e. The Morgan fingerprint density at radius 3 is 2.19 bits per heavy atom. The van der Waals surface area contributed by atoms with Crippen molar-refractivity contribution in [2.75, 3.05) is 5.43 Å². The van der Waals surface area contributed by atoms with Crippen LogP contribution in [0.5, 0.6) is 0 Å². The Hall–Kier alpha value is -3.61. The quantitative estimate of drug-likeness (QED) is 0.671. The molecule has 0 aliphatic rings. The van der Waals surface area contributed by atoms with Gasteiger partial charge in [-0.1, -0.05) is 54.6 Å². The van der Waals surface area contributed by atoms with E-state index in [0.29, 0.717) is 0 Å². The van der Waals surface area contributed by atoms with Crippen LogP contribution in [0.15, 0.2) is 70.3 Å². The van der Waals surface area contributed by atoms with Gasteiger partial charge in [-0.25, -0.2) is 4.79 Å². The molecule has 0 aliphatic carbocycles. The van der Waals surface area contributed by atoms with Crippen LogP contribution in [-0.2, 0) is 25.3 Å². The Bertz CT molecular complexity index is 1070. The highest BCUT2D eigenvalue weighted by Crippen LogP contribution is 2.19. The lowest BCUT2D eigenvalue weighted by atomic mass is 10.0. The van der Waals surface area contributed by atoms with Crippen LogP contribution in [-0.4, -0.2) is 15.0 Å². The van der Waals surface area contributed by atoms with Gasteiger partial charge in [-0.3, -0.25) is 29.6 Å². The molecule has 0 fully saturated rings. The van der Waals surface area contributed by atoms with Gasteiger partial charge in [0.1, 0.15) is 5.82 Å². The Morgan fingerprint density at radius 2 is 1.52 bits per heavy atom. The number of amides is 1. The second kappa shape index (κ2) is 7.74. The molecule has 0 spiro atoms. The molecule has 0 bridgehead atoms. The predicted molar refractivity (Wildman–Crippen MR) is 104 cm³/mol. The number of nitrogens with zero attached hydrogens (tertiary/aromatic N) is 2. The Kier molecular flexibility index (Phi) is 5.21. The summed E-state index contributed by atoms with van der Waals surface area (Å²) in [5.74, 6) is -0.0635. The molecule has 2 aromatic carbocycles. The molecule has 0 unspecified atom stereocenters. The molecule has 0 aliphatic heterocycles. The highest BCUT2D eigenvalue weighted by molar-refractivity contribution is 5.80. The third kappa shape index (κ3) is 4.14. The average molecular weight is 364 g/mol. The van der Waals surface area contributed by atoms with E-state index in [0.717, 1.165) is 21.3 Å². The van der Waals surface area contributed by atoms with Gasteiger partial charge >= 0.3 is 5.69 Å². The maximum absolute atomic E-state index is 12.1. The number of rotatable bonds is 5. The summed E-state index contributed by atoms with van der Waals surface area (Å²) in [6.07, 6.45) is 0.168. The molecule has 27 heavy (non-hydrogen) atoms. The Labute approximate surface area is 155 Å². The summed E-state index contributed by atoms with van der Waals surface area (Å²) in [6.45, 7) is 0. The van der Waals surface area contributed by atoms with Crippen molar-refractivity contribution in [3.63, 3.8) is 0 Å². The monoisotopic (exact) mass is 364 g/mol. The zero-order chi connectivity index (χ0) is 19.4. The molecule has 3 rings (SSSR count). The SMILES string of the molecule is Cn1c(NNC(=O)Cc2ccc(-c3ccccc3)cc2)cc(=O)n(C)c1=O. The molecular formula is C20H20N4O3. The second-order valence-electron chi connectivity index (χ2n) is 6.18. The van der Waals surface area contributed by atoms with E-state index in [1.807, 2.05) is 54.6 Å². The molecule has 0 saturated carbocycles. The molecule has 7 nitrogen and oxygen atoms in total. The summed E-state index contributed by atoms with van der Waals surface area (Å²) < 4.78 is 2.23. The van der Waals surface area contributed by atoms with Crippen LogP contribution in [0.1, 0.15) is 5.56 Å². The number of hydrogen-bond donors (Lipinski definition) is 2. The molecule has 1 aromatic heterocycles. The van der Waals surface area contributed by atoms with Crippen LogP contribution < -0.4 is 22.1 Å². The van der Waals surface area contributed by atoms with E-state index in [4.69, 9.17) is 0 Å². The van der Waals surface area contributed by atoms with Crippen molar-refractivity contribution in [2.45, 2.75) is 6.42 Å². The first-order valence-corrected chi connectivity index (χ1v) is 8.42. The van der Waals surface area contributed by atoms with E-state index in [2.05, 4.69) is 10.9 Å². The van der Waals surface area contributed by atoms with Gasteiger partial charge in [-0.15, -0.1) is 0 Å². The Balaban J connectivity index is 1.63. The third-order valence-corrected chi connectivity index (χ3v) is 4.28. The van der Waals surface area contributed by atoms with Crippen molar-refractivity contribution in [3.8, 4) is 11.1 Å². The van der Waals surface area contributed by atoms with Gasteiger partial charge in [0.15, 0.2) is 0 Å². The zero-order valence-corrected chi connectivity index (χ0v) is 15.1. The van der Waals surface area contributed by atoms with Crippen LogP contribution in [0.3, 0.4) is 0 Å². The molecule has 7 heteroatoms. The fourth-order valence-corrected chi connectivity index (χ4v) is 2.66. The number of carbonyl (C=O) groups is 1. The maximum Gasteiger partial charge on any atom is 0.332 e. The van der Waals surface area contributed by atoms with Gasteiger partial charge in [0, 0.05) is 20.2 Å². The van der Waals surface area contributed by atoms with E-state index in [-0.39, 0.29) is 18.1 Å². The van der Waals surface area contributed by atoms with Gasteiger partial charge in [-0.2, -0.15) is 0 Å². The largest absolute Gasteiger partial charge is 0.332 e. The third-order valence-electron chi connectivity index (χ3n) is 4.28. The highest BCUT2D eigenvalue weighted by atomic mass is 16.2. The second-order valence-corrected chi connectivity index (χ2v) is 6.18. The summed E-state index contributed by atoms with van der Waals surface area (Å²) in [5, 5.41) is 0. The summed E-state index contributed by atoms with van der Waals surface area (Å²) >= 11 is 0. The van der Waals surface area contributed by atoms with E-state index < -0.39 is 11.2 Å². The van der Waals surface area contributed by atoms with Crippen LogP contribution in [0.4, 0.5) is 5.82 Å². The van der Waals surface area contributed by atoms with Crippen molar-refractivity contribution in [1.29, 1.82) is 0 Å². The summed E-state index contributed by atoms with van der Waals surface area (Å²) in [5.41, 5.74) is 7.26. The average Bonchev–Trinajstić information content (AvgIpc) is 2.69. The van der Waals surface area contributed by atoms with E-state index in [1.165, 1.54) is 24.7 Å². The first-order chi connectivity index (χ1) is 13.0. The lowest BCUT2D eigenvalue weighted by Gasteiger charge is -2.12. The molecule has 1 heterocycles. The number of aromatic nitrogens is 2. The summed E-state index contributed by atoms with van der Waals surface area (Å²) in [7, 11) is 2.91. The minimum atomic E-state index is -0.476. The van der Waals surface area contributed by atoms with Crippen molar-refractivity contribution in [1.82, 2.24) is 14.6 Å². The van der Waals surface area contributed by atoms with E-state index in [9.17, 15) is 14.4 Å². The van der Waals surface area contributed by atoms with Crippen LogP contribution in [0.25, 0.3) is 11.1 Å². The van der Waals surface area contributed by atoms with Crippen LogP contribution in [0, 0.1) is 0 Å². The van der Waals surface area contributed by atoms with Gasteiger partial charge in [0.05, 0.1) is 6.42 Å². The van der Waals surface area contributed by atoms with E-state index in [1.54, 1.807) is 0 Å². The van der Waals surface area contributed by atoms with E-state index >= 15 is 0 Å². The number of hydrazine groups is 1. The topological polar surface area (TPSA) is 85.1 Å².